The minimum absolute atomic E-state index is 0.179. The Hall–Kier alpha value is -2.37. The van der Waals surface area contributed by atoms with Gasteiger partial charge in [-0.1, -0.05) is 51.1 Å². The van der Waals surface area contributed by atoms with Crippen LogP contribution in [0.2, 0.25) is 0 Å². The first-order valence-corrected chi connectivity index (χ1v) is 10.8. The Morgan fingerprint density at radius 1 is 1.03 bits per heavy atom. The van der Waals surface area contributed by atoms with Crippen LogP contribution < -0.4 is 4.74 Å². The van der Waals surface area contributed by atoms with Crippen molar-refractivity contribution in [3.8, 4) is 11.5 Å². The number of carbonyl (C=O) groups is 1. The Morgan fingerprint density at radius 3 is 2.43 bits per heavy atom. The predicted octanol–water partition coefficient (Wildman–Crippen LogP) is 4.58. The summed E-state index contributed by atoms with van der Waals surface area (Å²) in [7, 11) is 0. The molecule has 0 aromatic heterocycles. The number of morpholine rings is 1. The van der Waals surface area contributed by atoms with Crippen LogP contribution in [0.15, 0.2) is 54.6 Å². The molecule has 1 aliphatic heterocycles. The van der Waals surface area contributed by atoms with Crippen LogP contribution >= 0.6 is 0 Å². The molecule has 0 atom stereocenters. The highest BCUT2D eigenvalue weighted by Crippen LogP contribution is 2.24. The van der Waals surface area contributed by atoms with Crippen molar-refractivity contribution in [2.45, 2.75) is 33.7 Å². The van der Waals surface area contributed by atoms with Gasteiger partial charge in [0.05, 0.1) is 13.2 Å². The van der Waals surface area contributed by atoms with Gasteiger partial charge in [0, 0.05) is 38.1 Å². The summed E-state index contributed by atoms with van der Waals surface area (Å²) in [5.74, 6) is 1.77. The fourth-order valence-electron chi connectivity index (χ4n) is 3.59. The van der Waals surface area contributed by atoms with Gasteiger partial charge in [-0.05, 0) is 36.2 Å². The van der Waals surface area contributed by atoms with Crippen molar-refractivity contribution in [1.82, 2.24) is 9.80 Å². The average molecular weight is 411 g/mol. The van der Waals surface area contributed by atoms with E-state index in [-0.39, 0.29) is 5.91 Å². The lowest BCUT2D eigenvalue weighted by Gasteiger charge is -2.31. The molecule has 0 aliphatic carbocycles. The largest absolute Gasteiger partial charge is 0.457 e. The van der Waals surface area contributed by atoms with Crippen molar-refractivity contribution in [3.63, 3.8) is 0 Å². The van der Waals surface area contributed by atoms with Crippen LogP contribution in [0.25, 0.3) is 0 Å². The zero-order valence-corrected chi connectivity index (χ0v) is 18.5. The van der Waals surface area contributed by atoms with Gasteiger partial charge >= 0.3 is 0 Å². The summed E-state index contributed by atoms with van der Waals surface area (Å²) in [6.45, 7) is 11.9. The SMILES string of the molecule is CC(C)(C)C(=O)N(CCCN1CCOCC1)Cc1cccc(Oc2ccccc2)c1. The zero-order valence-electron chi connectivity index (χ0n) is 18.5. The van der Waals surface area contributed by atoms with Crippen molar-refractivity contribution in [1.29, 1.82) is 0 Å². The number of carbonyl (C=O) groups excluding carboxylic acids is 1. The first kappa shape index (κ1) is 22.3. The van der Waals surface area contributed by atoms with Crippen molar-refractivity contribution in [2.75, 3.05) is 39.4 Å². The van der Waals surface area contributed by atoms with Gasteiger partial charge in [-0.25, -0.2) is 0 Å². The lowest BCUT2D eigenvalue weighted by Crippen LogP contribution is -2.42. The number of ether oxygens (including phenoxy) is 2. The summed E-state index contributed by atoms with van der Waals surface area (Å²) in [5.41, 5.74) is 0.671. The maximum Gasteiger partial charge on any atom is 0.228 e. The lowest BCUT2D eigenvalue weighted by atomic mass is 9.94. The van der Waals surface area contributed by atoms with Gasteiger partial charge in [0.15, 0.2) is 0 Å². The number of nitrogens with zero attached hydrogens (tertiary/aromatic N) is 2. The highest BCUT2D eigenvalue weighted by molar-refractivity contribution is 5.81. The molecule has 3 rings (SSSR count). The predicted molar refractivity (Wildman–Crippen MR) is 120 cm³/mol. The minimum Gasteiger partial charge on any atom is -0.457 e. The number of amides is 1. The molecule has 162 valence electrons. The summed E-state index contributed by atoms with van der Waals surface area (Å²) in [6.07, 6.45) is 0.960. The second-order valence-electron chi connectivity index (χ2n) is 8.85. The lowest BCUT2D eigenvalue weighted by molar-refractivity contribution is -0.140. The third-order valence-corrected chi connectivity index (χ3v) is 5.19. The standard InChI is InChI=1S/C25H34N2O3/c1-25(2,3)24(28)27(14-8-13-26-15-17-29-18-16-26)20-21-9-7-12-23(19-21)30-22-10-5-4-6-11-22/h4-7,9-12,19H,8,13-18,20H2,1-3H3. The van der Waals surface area contributed by atoms with Gasteiger partial charge in [0.2, 0.25) is 5.91 Å². The number of para-hydroxylation sites is 1. The molecule has 0 radical (unpaired) electrons. The highest BCUT2D eigenvalue weighted by atomic mass is 16.5. The third-order valence-electron chi connectivity index (χ3n) is 5.19. The average Bonchev–Trinajstić information content (AvgIpc) is 2.74. The normalized spacial score (nSPS) is 15.0. The van der Waals surface area contributed by atoms with Gasteiger partial charge in [0.25, 0.3) is 0 Å². The summed E-state index contributed by atoms with van der Waals surface area (Å²) in [4.78, 5) is 17.5. The van der Waals surface area contributed by atoms with Crippen LogP contribution in [0.3, 0.4) is 0 Å². The Labute approximate surface area is 180 Å². The summed E-state index contributed by atoms with van der Waals surface area (Å²) < 4.78 is 11.4. The molecule has 2 aromatic carbocycles. The first-order chi connectivity index (χ1) is 14.4. The molecule has 0 unspecified atom stereocenters. The van der Waals surface area contributed by atoms with Crippen LogP contribution in [0.1, 0.15) is 32.8 Å². The molecule has 0 saturated carbocycles. The number of hydrogen-bond donors (Lipinski definition) is 0. The molecule has 1 amide bonds. The Morgan fingerprint density at radius 2 is 1.73 bits per heavy atom. The highest BCUT2D eigenvalue weighted by Gasteiger charge is 2.27. The van der Waals surface area contributed by atoms with E-state index in [1.807, 2.05) is 74.2 Å². The van der Waals surface area contributed by atoms with Crippen LogP contribution in [0.4, 0.5) is 0 Å². The van der Waals surface area contributed by atoms with E-state index in [0.29, 0.717) is 6.54 Å². The number of hydrogen-bond acceptors (Lipinski definition) is 4. The maximum absolute atomic E-state index is 13.1. The monoisotopic (exact) mass is 410 g/mol. The van der Waals surface area contributed by atoms with E-state index in [1.165, 1.54) is 0 Å². The van der Waals surface area contributed by atoms with Crippen molar-refractivity contribution >= 4 is 5.91 Å². The zero-order chi connectivity index (χ0) is 21.4. The van der Waals surface area contributed by atoms with E-state index < -0.39 is 5.41 Å². The summed E-state index contributed by atoms with van der Waals surface area (Å²) in [6, 6.07) is 17.8. The van der Waals surface area contributed by atoms with E-state index >= 15 is 0 Å². The summed E-state index contributed by atoms with van der Waals surface area (Å²) in [5, 5.41) is 0. The molecular weight excluding hydrogens is 376 g/mol. The molecule has 30 heavy (non-hydrogen) atoms. The number of benzene rings is 2. The van der Waals surface area contributed by atoms with Crippen LogP contribution in [0.5, 0.6) is 11.5 Å². The first-order valence-electron chi connectivity index (χ1n) is 10.8. The van der Waals surface area contributed by atoms with Gasteiger partial charge in [0.1, 0.15) is 11.5 Å². The second-order valence-corrected chi connectivity index (χ2v) is 8.85. The van der Waals surface area contributed by atoms with Gasteiger partial charge in [-0.15, -0.1) is 0 Å². The molecule has 2 aromatic rings. The fraction of sp³-hybridized carbons (Fsp3) is 0.480. The molecule has 1 heterocycles. The van der Waals surface area contributed by atoms with E-state index in [1.54, 1.807) is 0 Å². The third kappa shape index (κ3) is 6.85. The quantitative estimate of drug-likeness (QED) is 0.639. The molecule has 1 saturated heterocycles. The fourth-order valence-corrected chi connectivity index (χ4v) is 3.59. The van der Waals surface area contributed by atoms with Gasteiger partial charge < -0.3 is 14.4 Å². The molecule has 1 aliphatic rings. The maximum atomic E-state index is 13.1. The minimum atomic E-state index is -0.406. The van der Waals surface area contributed by atoms with E-state index in [4.69, 9.17) is 9.47 Å². The van der Waals surface area contributed by atoms with Crippen molar-refractivity contribution in [2.24, 2.45) is 5.41 Å². The topological polar surface area (TPSA) is 42.0 Å². The van der Waals surface area contributed by atoms with E-state index in [2.05, 4.69) is 11.0 Å². The molecule has 0 spiro atoms. The molecule has 1 fully saturated rings. The van der Waals surface area contributed by atoms with Gasteiger partial charge in [-0.2, -0.15) is 0 Å². The molecular formula is C25H34N2O3. The molecule has 0 N–H and O–H groups in total. The number of rotatable bonds is 8. The summed E-state index contributed by atoms with van der Waals surface area (Å²) >= 11 is 0. The Bertz CT molecular complexity index is 796. The smallest absolute Gasteiger partial charge is 0.228 e. The van der Waals surface area contributed by atoms with Crippen LogP contribution in [-0.4, -0.2) is 55.1 Å². The van der Waals surface area contributed by atoms with Crippen LogP contribution in [-0.2, 0) is 16.1 Å². The Kier molecular flexibility index (Phi) is 7.88. The molecule has 5 nitrogen and oxygen atoms in total. The van der Waals surface area contributed by atoms with Crippen molar-refractivity contribution < 1.29 is 14.3 Å². The Balaban J connectivity index is 1.64. The van der Waals surface area contributed by atoms with Crippen molar-refractivity contribution in [3.05, 3.63) is 60.2 Å². The van der Waals surface area contributed by atoms with E-state index in [0.717, 1.165) is 62.9 Å². The molecule has 0 bridgehead atoms. The van der Waals surface area contributed by atoms with Crippen LogP contribution in [0, 0.1) is 5.41 Å². The van der Waals surface area contributed by atoms with Gasteiger partial charge in [-0.3, -0.25) is 9.69 Å². The van der Waals surface area contributed by atoms with E-state index in [9.17, 15) is 4.79 Å². The molecule has 5 heteroatoms. The second kappa shape index (κ2) is 10.6.